The van der Waals surface area contributed by atoms with Gasteiger partial charge >= 0.3 is 0 Å². The van der Waals surface area contributed by atoms with Crippen molar-refractivity contribution in [3.8, 4) is 5.75 Å². The first-order valence-electron chi connectivity index (χ1n) is 3.92. The first-order valence-corrected chi connectivity index (χ1v) is 3.92. The summed E-state index contributed by atoms with van der Waals surface area (Å²) in [5.74, 6) is 0.216. The van der Waals surface area contributed by atoms with E-state index in [9.17, 15) is 10.1 Å². The molecule has 15 heavy (non-hydrogen) atoms. The molecule has 7 heteroatoms. The molecule has 0 heterocycles. The highest BCUT2D eigenvalue weighted by Gasteiger charge is 2.09. The van der Waals surface area contributed by atoms with Crippen LogP contribution in [0.2, 0.25) is 0 Å². The molecule has 1 aromatic carbocycles. The van der Waals surface area contributed by atoms with Crippen molar-refractivity contribution in [2.45, 2.75) is 0 Å². The second-order valence-corrected chi connectivity index (χ2v) is 2.55. The minimum Gasteiger partial charge on any atom is -0.489 e. The molecular formula is C8H11ClN2O4. The lowest BCUT2D eigenvalue weighted by atomic mass is 10.2. The van der Waals surface area contributed by atoms with Gasteiger partial charge in [-0.05, 0) is 6.07 Å². The van der Waals surface area contributed by atoms with Crippen molar-refractivity contribution in [2.75, 3.05) is 18.9 Å². The van der Waals surface area contributed by atoms with Gasteiger partial charge in [-0.2, -0.15) is 0 Å². The van der Waals surface area contributed by atoms with E-state index in [1.165, 1.54) is 18.2 Å². The molecule has 0 spiro atoms. The maximum absolute atomic E-state index is 10.4. The summed E-state index contributed by atoms with van der Waals surface area (Å²) >= 11 is 0. The lowest BCUT2D eigenvalue weighted by Gasteiger charge is -2.06. The number of nitrogens with two attached hydrogens (primary N) is 1. The Labute approximate surface area is 92.2 Å². The van der Waals surface area contributed by atoms with Crippen LogP contribution in [-0.4, -0.2) is 23.2 Å². The average molecular weight is 235 g/mol. The molecule has 1 aromatic rings. The minimum absolute atomic E-state index is 0. The number of halogens is 1. The van der Waals surface area contributed by atoms with Crippen LogP contribution in [0.3, 0.4) is 0 Å². The van der Waals surface area contributed by atoms with Crippen molar-refractivity contribution in [1.29, 1.82) is 0 Å². The van der Waals surface area contributed by atoms with Gasteiger partial charge in [-0.25, -0.2) is 0 Å². The van der Waals surface area contributed by atoms with Gasteiger partial charge in [0.25, 0.3) is 5.69 Å². The quantitative estimate of drug-likeness (QED) is 0.459. The maximum Gasteiger partial charge on any atom is 0.273 e. The number of nitrogen functional groups attached to an aromatic ring is 1. The van der Waals surface area contributed by atoms with Crippen LogP contribution in [0.15, 0.2) is 18.2 Å². The van der Waals surface area contributed by atoms with Crippen LogP contribution in [0.4, 0.5) is 11.4 Å². The first kappa shape index (κ1) is 13.5. The summed E-state index contributed by atoms with van der Waals surface area (Å²) in [7, 11) is 0. The van der Waals surface area contributed by atoms with E-state index in [-0.39, 0.29) is 37.1 Å². The van der Waals surface area contributed by atoms with Crippen molar-refractivity contribution in [2.24, 2.45) is 0 Å². The minimum atomic E-state index is -0.536. The predicted octanol–water partition coefficient (Wildman–Crippen LogP) is 0.970. The number of benzene rings is 1. The number of ether oxygens (including phenoxy) is 1. The molecule has 6 nitrogen and oxygen atoms in total. The van der Waals surface area contributed by atoms with Crippen molar-refractivity contribution in [1.82, 2.24) is 0 Å². The third-order valence-electron chi connectivity index (χ3n) is 1.56. The fourth-order valence-corrected chi connectivity index (χ4v) is 0.917. The van der Waals surface area contributed by atoms with Crippen LogP contribution < -0.4 is 10.5 Å². The normalized spacial score (nSPS) is 9.13. The van der Waals surface area contributed by atoms with E-state index in [4.69, 9.17) is 15.6 Å². The van der Waals surface area contributed by atoms with Gasteiger partial charge in [-0.3, -0.25) is 10.1 Å². The topological polar surface area (TPSA) is 98.6 Å². The van der Waals surface area contributed by atoms with Gasteiger partial charge in [-0.1, -0.05) is 0 Å². The summed E-state index contributed by atoms with van der Waals surface area (Å²) < 4.78 is 5.00. The highest BCUT2D eigenvalue weighted by molar-refractivity contribution is 5.85. The number of non-ortho nitro benzene ring substituents is 1. The van der Waals surface area contributed by atoms with Gasteiger partial charge in [0.15, 0.2) is 0 Å². The van der Waals surface area contributed by atoms with E-state index < -0.39 is 4.92 Å². The molecule has 0 atom stereocenters. The van der Waals surface area contributed by atoms with Gasteiger partial charge in [0.2, 0.25) is 0 Å². The molecule has 0 aliphatic carbocycles. The van der Waals surface area contributed by atoms with Crippen LogP contribution >= 0.6 is 12.4 Å². The van der Waals surface area contributed by atoms with E-state index in [0.717, 1.165) is 0 Å². The molecular weight excluding hydrogens is 224 g/mol. The van der Waals surface area contributed by atoms with E-state index in [1.54, 1.807) is 0 Å². The van der Waals surface area contributed by atoms with Gasteiger partial charge in [0.1, 0.15) is 12.4 Å². The third-order valence-corrected chi connectivity index (χ3v) is 1.56. The van der Waals surface area contributed by atoms with E-state index in [0.29, 0.717) is 5.69 Å². The zero-order chi connectivity index (χ0) is 10.6. The molecule has 0 saturated heterocycles. The summed E-state index contributed by atoms with van der Waals surface area (Å²) in [4.78, 5) is 9.86. The first-order chi connectivity index (χ1) is 6.65. The molecule has 1 rings (SSSR count). The fourth-order valence-electron chi connectivity index (χ4n) is 0.917. The van der Waals surface area contributed by atoms with Crippen LogP contribution in [0.5, 0.6) is 5.75 Å². The summed E-state index contributed by atoms with van der Waals surface area (Å²) in [5, 5.41) is 18.9. The van der Waals surface area contributed by atoms with Crippen molar-refractivity contribution in [3.63, 3.8) is 0 Å². The van der Waals surface area contributed by atoms with Crippen LogP contribution in [0, 0.1) is 10.1 Å². The van der Waals surface area contributed by atoms with Crippen molar-refractivity contribution < 1.29 is 14.8 Å². The Morgan fingerprint density at radius 2 is 2.20 bits per heavy atom. The maximum atomic E-state index is 10.4. The number of hydrogen-bond donors (Lipinski definition) is 2. The van der Waals surface area contributed by atoms with E-state index in [2.05, 4.69) is 0 Å². The molecule has 0 fully saturated rings. The number of anilines is 1. The number of nitro groups is 1. The molecule has 0 aromatic heterocycles. The summed E-state index contributed by atoms with van der Waals surface area (Å²) in [6.07, 6.45) is 0. The number of nitrogens with zero attached hydrogens (tertiary/aromatic N) is 1. The summed E-state index contributed by atoms with van der Waals surface area (Å²) in [6.45, 7) is -0.104. The lowest BCUT2D eigenvalue weighted by Crippen LogP contribution is -2.04. The molecule has 0 saturated carbocycles. The van der Waals surface area contributed by atoms with Crippen molar-refractivity contribution in [3.05, 3.63) is 28.3 Å². The highest BCUT2D eigenvalue weighted by Crippen LogP contribution is 2.26. The van der Waals surface area contributed by atoms with Crippen molar-refractivity contribution >= 4 is 23.8 Å². The third kappa shape index (κ3) is 3.61. The highest BCUT2D eigenvalue weighted by atomic mass is 35.5. The Bertz CT molecular complexity index is 345. The Morgan fingerprint density at radius 1 is 1.53 bits per heavy atom. The number of aliphatic hydroxyl groups excluding tert-OH is 1. The van der Waals surface area contributed by atoms with Gasteiger partial charge in [-0.15, -0.1) is 12.4 Å². The molecule has 0 radical (unpaired) electrons. The zero-order valence-corrected chi connectivity index (χ0v) is 8.57. The molecule has 0 unspecified atom stereocenters. The smallest absolute Gasteiger partial charge is 0.273 e. The number of rotatable bonds is 4. The van der Waals surface area contributed by atoms with E-state index in [1.807, 2.05) is 0 Å². The standard InChI is InChI=1S/C8H10N2O4.ClH/c9-7-2-1-6(10(12)13)5-8(7)14-4-3-11;/h1-2,5,11H,3-4,9H2;1H. The van der Waals surface area contributed by atoms with Crippen LogP contribution in [-0.2, 0) is 0 Å². The number of nitro benzene ring substituents is 1. The molecule has 84 valence electrons. The zero-order valence-electron chi connectivity index (χ0n) is 7.75. The molecule has 0 bridgehead atoms. The van der Waals surface area contributed by atoms with Crippen LogP contribution in [0.25, 0.3) is 0 Å². The second-order valence-electron chi connectivity index (χ2n) is 2.55. The van der Waals surface area contributed by atoms with Crippen LogP contribution in [0.1, 0.15) is 0 Å². The van der Waals surface area contributed by atoms with E-state index >= 15 is 0 Å². The molecule has 3 N–H and O–H groups in total. The summed E-state index contributed by atoms with van der Waals surface area (Å²) in [6, 6.07) is 3.91. The second kappa shape index (κ2) is 6.05. The SMILES string of the molecule is Cl.Nc1ccc([N+](=O)[O-])cc1OCCO. The predicted molar refractivity (Wildman–Crippen MR) is 57.3 cm³/mol. The van der Waals surface area contributed by atoms with Gasteiger partial charge < -0.3 is 15.6 Å². The van der Waals surface area contributed by atoms with Gasteiger partial charge in [0.05, 0.1) is 23.3 Å². The average Bonchev–Trinajstić information content (AvgIpc) is 2.16. The fraction of sp³-hybridized carbons (Fsp3) is 0.250. The number of hydrogen-bond acceptors (Lipinski definition) is 5. The van der Waals surface area contributed by atoms with Gasteiger partial charge in [0, 0.05) is 6.07 Å². The lowest BCUT2D eigenvalue weighted by molar-refractivity contribution is -0.384. The molecule has 0 aliphatic rings. The Balaban J connectivity index is 0.00000196. The number of aliphatic hydroxyl groups is 1. The Hall–Kier alpha value is -1.53. The molecule has 0 amide bonds. The molecule has 0 aliphatic heterocycles. The monoisotopic (exact) mass is 234 g/mol. The Morgan fingerprint density at radius 3 is 2.73 bits per heavy atom. The largest absolute Gasteiger partial charge is 0.489 e. The summed E-state index contributed by atoms with van der Waals surface area (Å²) in [5.41, 5.74) is 5.72. The Kier molecular flexibility index (Phi) is 5.43.